The fourth-order valence-electron chi connectivity index (χ4n) is 2.73. The molecule has 1 amide bonds. The number of anilines is 1. The van der Waals surface area contributed by atoms with E-state index in [4.69, 9.17) is 5.84 Å². The van der Waals surface area contributed by atoms with Crippen LogP contribution in [0.1, 0.15) is 43.0 Å². The van der Waals surface area contributed by atoms with E-state index in [-0.39, 0.29) is 5.91 Å². The number of carbonyl (C=O) groups excluding carboxylic acids is 1. The lowest BCUT2D eigenvalue weighted by Gasteiger charge is -2.34. The second-order valence-corrected chi connectivity index (χ2v) is 5.42. The van der Waals surface area contributed by atoms with Gasteiger partial charge in [-0.25, -0.2) is 10.8 Å². The molecule has 1 aliphatic carbocycles. The topological polar surface area (TPSA) is 71.2 Å². The third-order valence-corrected chi connectivity index (χ3v) is 3.94. The largest absolute Gasteiger partial charge is 0.339 e. The molecule has 3 N–H and O–H groups in total. The van der Waals surface area contributed by atoms with Gasteiger partial charge < -0.3 is 10.3 Å². The molecule has 0 radical (unpaired) electrons. The molecule has 0 aliphatic heterocycles. The molecule has 104 valence electrons. The normalized spacial score (nSPS) is 22.9. The lowest BCUT2D eigenvalue weighted by molar-refractivity contribution is 0.0672. The number of aromatic nitrogens is 1. The Morgan fingerprint density at radius 1 is 1.47 bits per heavy atom. The van der Waals surface area contributed by atoms with Crippen LogP contribution in [0.15, 0.2) is 18.3 Å². The van der Waals surface area contributed by atoms with Crippen LogP contribution >= 0.6 is 0 Å². The van der Waals surface area contributed by atoms with Gasteiger partial charge in [0.05, 0.1) is 5.56 Å². The zero-order chi connectivity index (χ0) is 13.8. The number of nitrogens with zero attached hydrogens (tertiary/aromatic N) is 2. The molecule has 1 aromatic heterocycles. The summed E-state index contributed by atoms with van der Waals surface area (Å²) in [4.78, 5) is 18.3. The molecule has 1 heterocycles. The average Bonchev–Trinajstić information content (AvgIpc) is 2.46. The van der Waals surface area contributed by atoms with Crippen molar-refractivity contribution >= 4 is 11.7 Å². The Labute approximate surface area is 114 Å². The van der Waals surface area contributed by atoms with Crippen molar-refractivity contribution in [3.05, 3.63) is 23.9 Å². The molecule has 5 heteroatoms. The first-order chi connectivity index (χ1) is 9.11. The highest BCUT2D eigenvalue weighted by Gasteiger charge is 2.26. The molecular formula is C14H22N4O. The minimum Gasteiger partial charge on any atom is -0.339 e. The summed E-state index contributed by atoms with van der Waals surface area (Å²) in [5, 5.41) is 0. The van der Waals surface area contributed by atoms with Gasteiger partial charge in [-0.05, 0) is 30.9 Å². The van der Waals surface area contributed by atoms with Gasteiger partial charge in [-0.15, -0.1) is 0 Å². The van der Waals surface area contributed by atoms with Crippen LogP contribution in [0.2, 0.25) is 0 Å². The van der Waals surface area contributed by atoms with Gasteiger partial charge in [0.15, 0.2) is 0 Å². The Hall–Kier alpha value is -1.62. The molecule has 19 heavy (non-hydrogen) atoms. The second-order valence-electron chi connectivity index (χ2n) is 5.42. The number of carbonyl (C=O) groups is 1. The molecule has 0 aromatic carbocycles. The van der Waals surface area contributed by atoms with Gasteiger partial charge in [0, 0.05) is 19.3 Å². The average molecular weight is 262 g/mol. The van der Waals surface area contributed by atoms with E-state index in [0.717, 1.165) is 12.8 Å². The minimum atomic E-state index is 0.0372. The molecule has 2 atom stereocenters. The highest BCUT2D eigenvalue weighted by atomic mass is 16.2. The van der Waals surface area contributed by atoms with Gasteiger partial charge in [0.25, 0.3) is 5.91 Å². The summed E-state index contributed by atoms with van der Waals surface area (Å²) in [6.45, 7) is 2.26. The summed E-state index contributed by atoms with van der Waals surface area (Å²) >= 11 is 0. The van der Waals surface area contributed by atoms with Gasteiger partial charge in [0.2, 0.25) is 0 Å². The summed E-state index contributed by atoms with van der Waals surface area (Å²) < 4.78 is 0. The Bertz CT molecular complexity index is 432. The minimum absolute atomic E-state index is 0.0372. The maximum Gasteiger partial charge on any atom is 0.255 e. The number of nitrogen functional groups attached to an aromatic ring is 1. The number of hydrogen-bond acceptors (Lipinski definition) is 4. The van der Waals surface area contributed by atoms with Crippen LogP contribution in [0.3, 0.4) is 0 Å². The van der Waals surface area contributed by atoms with Crippen LogP contribution in [0.25, 0.3) is 0 Å². The number of nitrogens with two attached hydrogens (primary N) is 1. The highest BCUT2D eigenvalue weighted by Crippen LogP contribution is 2.27. The van der Waals surface area contributed by atoms with Crippen molar-refractivity contribution in [2.45, 2.75) is 38.6 Å². The number of rotatable bonds is 3. The quantitative estimate of drug-likeness (QED) is 0.646. The molecule has 1 saturated carbocycles. The molecular weight excluding hydrogens is 240 g/mol. The van der Waals surface area contributed by atoms with Gasteiger partial charge in [-0.2, -0.15) is 0 Å². The van der Waals surface area contributed by atoms with E-state index in [0.29, 0.717) is 23.3 Å². The van der Waals surface area contributed by atoms with E-state index in [1.165, 1.54) is 12.8 Å². The zero-order valence-corrected chi connectivity index (χ0v) is 11.6. The lowest BCUT2D eigenvalue weighted by Crippen LogP contribution is -2.39. The summed E-state index contributed by atoms with van der Waals surface area (Å²) in [5.74, 6) is 6.56. The molecule has 0 spiro atoms. The third kappa shape index (κ3) is 3.23. The number of pyridine rings is 1. The van der Waals surface area contributed by atoms with Crippen LogP contribution in [0, 0.1) is 5.92 Å². The van der Waals surface area contributed by atoms with E-state index in [2.05, 4.69) is 17.3 Å². The standard InChI is InChI=1S/C14H22N4O/c1-10-4-3-5-12(8-10)18(2)14(19)11-6-7-13(17-15)16-9-11/h6-7,9-10,12H,3-5,8,15H2,1-2H3,(H,16,17). The van der Waals surface area contributed by atoms with Crippen molar-refractivity contribution in [2.24, 2.45) is 11.8 Å². The molecule has 1 fully saturated rings. The van der Waals surface area contributed by atoms with E-state index >= 15 is 0 Å². The summed E-state index contributed by atoms with van der Waals surface area (Å²) in [6, 6.07) is 3.82. The first kappa shape index (κ1) is 13.8. The van der Waals surface area contributed by atoms with Crippen LogP contribution in [-0.4, -0.2) is 28.9 Å². The van der Waals surface area contributed by atoms with E-state index in [1.807, 2.05) is 11.9 Å². The molecule has 1 aliphatic rings. The number of amides is 1. The van der Waals surface area contributed by atoms with Crippen molar-refractivity contribution in [1.29, 1.82) is 0 Å². The van der Waals surface area contributed by atoms with Gasteiger partial charge >= 0.3 is 0 Å². The van der Waals surface area contributed by atoms with Crippen molar-refractivity contribution < 1.29 is 4.79 Å². The van der Waals surface area contributed by atoms with Crippen LogP contribution in [-0.2, 0) is 0 Å². The van der Waals surface area contributed by atoms with Crippen LogP contribution in [0.4, 0.5) is 5.82 Å². The number of hydrazine groups is 1. The number of nitrogens with one attached hydrogen (secondary N) is 1. The predicted molar refractivity (Wildman–Crippen MR) is 75.6 cm³/mol. The molecule has 2 unspecified atom stereocenters. The second kappa shape index (κ2) is 6.02. The van der Waals surface area contributed by atoms with Crippen LogP contribution in [0.5, 0.6) is 0 Å². The molecule has 0 saturated heterocycles. The van der Waals surface area contributed by atoms with Gasteiger partial charge in [-0.3, -0.25) is 4.79 Å². The van der Waals surface area contributed by atoms with Crippen molar-refractivity contribution in [1.82, 2.24) is 9.88 Å². The predicted octanol–water partition coefficient (Wildman–Crippen LogP) is 2.02. The smallest absolute Gasteiger partial charge is 0.255 e. The van der Waals surface area contributed by atoms with Crippen molar-refractivity contribution in [3.63, 3.8) is 0 Å². The molecule has 0 bridgehead atoms. The molecule has 2 rings (SSSR count). The maximum absolute atomic E-state index is 12.4. The Morgan fingerprint density at radius 2 is 2.26 bits per heavy atom. The first-order valence-corrected chi connectivity index (χ1v) is 6.81. The monoisotopic (exact) mass is 262 g/mol. The molecule has 5 nitrogen and oxygen atoms in total. The Morgan fingerprint density at radius 3 is 2.84 bits per heavy atom. The Balaban J connectivity index is 2.05. The van der Waals surface area contributed by atoms with Crippen molar-refractivity contribution in [2.75, 3.05) is 12.5 Å². The summed E-state index contributed by atoms with van der Waals surface area (Å²) in [7, 11) is 1.89. The fourth-order valence-corrected chi connectivity index (χ4v) is 2.73. The highest BCUT2D eigenvalue weighted by molar-refractivity contribution is 5.94. The summed E-state index contributed by atoms with van der Waals surface area (Å²) in [5.41, 5.74) is 3.07. The van der Waals surface area contributed by atoms with Gasteiger partial charge in [0.1, 0.15) is 5.82 Å². The van der Waals surface area contributed by atoms with E-state index < -0.39 is 0 Å². The lowest BCUT2D eigenvalue weighted by atomic mass is 9.86. The van der Waals surface area contributed by atoms with Crippen molar-refractivity contribution in [3.8, 4) is 0 Å². The number of hydrogen-bond donors (Lipinski definition) is 2. The molecule has 1 aromatic rings. The van der Waals surface area contributed by atoms with E-state index in [9.17, 15) is 4.79 Å². The SMILES string of the molecule is CC1CCCC(N(C)C(=O)c2ccc(NN)nc2)C1. The maximum atomic E-state index is 12.4. The van der Waals surface area contributed by atoms with Gasteiger partial charge in [-0.1, -0.05) is 19.8 Å². The van der Waals surface area contributed by atoms with E-state index in [1.54, 1.807) is 18.3 Å². The third-order valence-electron chi connectivity index (χ3n) is 3.94. The summed E-state index contributed by atoms with van der Waals surface area (Å²) in [6.07, 6.45) is 6.25. The fraction of sp³-hybridized carbons (Fsp3) is 0.571. The Kier molecular flexibility index (Phi) is 4.37. The first-order valence-electron chi connectivity index (χ1n) is 6.81. The van der Waals surface area contributed by atoms with Crippen LogP contribution < -0.4 is 11.3 Å². The zero-order valence-electron chi connectivity index (χ0n) is 11.6.